The van der Waals surface area contributed by atoms with E-state index in [4.69, 9.17) is 0 Å². The highest BCUT2D eigenvalue weighted by Crippen LogP contribution is 2.38. The van der Waals surface area contributed by atoms with Crippen molar-refractivity contribution in [3.63, 3.8) is 0 Å². The van der Waals surface area contributed by atoms with E-state index in [0.717, 1.165) is 6.07 Å². The van der Waals surface area contributed by atoms with Crippen LogP contribution < -0.4 is 10.6 Å². The first-order chi connectivity index (χ1) is 13.1. The second kappa shape index (κ2) is 8.08. The zero-order valence-corrected chi connectivity index (χ0v) is 16.3. The molecule has 0 spiro atoms. The number of aromatic nitrogens is 1. The van der Waals surface area contributed by atoms with Gasteiger partial charge in [-0.3, -0.25) is 5.32 Å². The smallest absolute Gasteiger partial charge is 0.374 e. The number of halogens is 6. The molecule has 0 saturated carbocycles. The maximum Gasteiger partial charge on any atom is 0.433 e. The number of fused-ring (bicyclic) bond motifs is 1. The van der Waals surface area contributed by atoms with Gasteiger partial charge in [-0.2, -0.15) is 26.3 Å². The molecule has 1 aromatic carbocycles. The van der Waals surface area contributed by atoms with Gasteiger partial charge in [-0.1, -0.05) is 12.1 Å². The molecule has 0 aliphatic heterocycles. The lowest BCUT2D eigenvalue weighted by atomic mass is 10.0. The Balaban J connectivity index is 2.51. The Morgan fingerprint density at radius 2 is 1.66 bits per heavy atom. The lowest BCUT2D eigenvalue weighted by molar-refractivity contribution is -0.142. The van der Waals surface area contributed by atoms with E-state index in [2.05, 4.69) is 15.6 Å². The van der Waals surface area contributed by atoms with E-state index in [1.54, 1.807) is 6.92 Å². The Kier molecular flexibility index (Phi) is 6.51. The van der Waals surface area contributed by atoms with Gasteiger partial charge < -0.3 is 10.4 Å². The number of pyridine rings is 1. The van der Waals surface area contributed by atoms with Gasteiger partial charge >= 0.3 is 12.4 Å². The second-order valence-electron chi connectivity index (χ2n) is 7.90. The van der Waals surface area contributed by atoms with Crippen LogP contribution in [0.15, 0.2) is 24.3 Å². The van der Waals surface area contributed by atoms with Crippen LogP contribution in [-0.2, 0) is 12.4 Å². The number of nitrogens with zero attached hydrogens (tertiary/aromatic N) is 1. The molecule has 1 heterocycles. The topological polar surface area (TPSA) is 57.2 Å². The molecule has 0 aliphatic carbocycles. The third-order valence-corrected chi connectivity index (χ3v) is 4.14. The van der Waals surface area contributed by atoms with Crippen LogP contribution in [-0.4, -0.2) is 28.2 Å². The molecule has 0 amide bonds. The Morgan fingerprint density at radius 1 is 1.03 bits per heavy atom. The first kappa shape index (κ1) is 23.4. The summed E-state index contributed by atoms with van der Waals surface area (Å²) in [7, 11) is 0. The summed E-state index contributed by atoms with van der Waals surface area (Å²) in [6.45, 7) is 7.82. The number of aliphatic hydroxyl groups excluding tert-OH is 1. The Morgan fingerprint density at radius 3 is 2.17 bits per heavy atom. The highest BCUT2D eigenvalue weighted by Gasteiger charge is 2.38. The molecule has 162 valence electrons. The summed E-state index contributed by atoms with van der Waals surface area (Å²) in [5, 5.41) is 16.2. The van der Waals surface area contributed by atoms with Gasteiger partial charge in [0.25, 0.3) is 0 Å². The van der Waals surface area contributed by atoms with Crippen LogP contribution >= 0.6 is 0 Å². The molecule has 4 nitrogen and oxygen atoms in total. The zero-order chi connectivity index (χ0) is 22.2. The molecule has 29 heavy (non-hydrogen) atoms. The number of hydrogen-bond donors (Lipinski definition) is 3. The van der Waals surface area contributed by atoms with Crippen LogP contribution in [0.1, 0.15) is 50.7 Å². The Labute approximate surface area is 164 Å². The monoisotopic (exact) mass is 423 g/mol. The van der Waals surface area contributed by atoms with Crippen LogP contribution in [0.5, 0.6) is 0 Å². The summed E-state index contributed by atoms with van der Waals surface area (Å²) in [6.07, 6.45) is -11.5. The Hall–Kier alpha value is -1.91. The molecule has 2 atom stereocenters. The molecular formula is C19H23F6N3O. The Bertz CT molecular complexity index is 858. The van der Waals surface area contributed by atoms with Crippen molar-refractivity contribution in [3.8, 4) is 0 Å². The molecule has 0 radical (unpaired) electrons. The molecule has 0 fully saturated rings. The predicted octanol–water partition coefficient (Wildman–Crippen LogP) is 4.63. The molecule has 0 aliphatic rings. The summed E-state index contributed by atoms with van der Waals surface area (Å²) in [5.41, 5.74) is -4.20. The number of hydrogen-bond acceptors (Lipinski definition) is 4. The maximum atomic E-state index is 13.3. The normalized spacial score (nSPS) is 15.6. The minimum absolute atomic E-state index is 0.205. The van der Waals surface area contributed by atoms with E-state index in [1.165, 1.54) is 6.07 Å². The van der Waals surface area contributed by atoms with Crippen molar-refractivity contribution < 1.29 is 31.4 Å². The van der Waals surface area contributed by atoms with E-state index in [9.17, 15) is 31.4 Å². The largest absolute Gasteiger partial charge is 0.433 e. The minimum atomic E-state index is -4.97. The van der Waals surface area contributed by atoms with Crippen molar-refractivity contribution in [1.82, 2.24) is 15.6 Å². The van der Waals surface area contributed by atoms with Crippen molar-refractivity contribution in [2.24, 2.45) is 0 Å². The molecule has 3 N–H and O–H groups in total. The molecule has 0 saturated heterocycles. The number of benzene rings is 1. The second-order valence-corrected chi connectivity index (χ2v) is 7.90. The molecule has 1 aromatic heterocycles. The van der Waals surface area contributed by atoms with Gasteiger partial charge in [0.2, 0.25) is 0 Å². The average molecular weight is 423 g/mol. The summed E-state index contributed by atoms with van der Waals surface area (Å²) in [6, 6.07) is 3.13. The van der Waals surface area contributed by atoms with Gasteiger partial charge in [0.05, 0.1) is 11.1 Å². The fourth-order valence-electron chi connectivity index (χ4n) is 2.75. The van der Waals surface area contributed by atoms with Crippen LogP contribution in [0.25, 0.3) is 10.9 Å². The van der Waals surface area contributed by atoms with E-state index >= 15 is 0 Å². The SMILES string of the molecule is CC(CNC(C)(C)C)NC(O)c1cc(C(F)(F)F)nc2c(C(F)(F)F)cccc12. The number of alkyl halides is 6. The lowest BCUT2D eigenvalue weighted by Gasteiger charge is -2.26. The van der Waals surface area contributed by atoms with E-state index in [-0.39, 0.29) is 22.5 Å². The first-order valence-corrected chi connectivity index (χ1v) is 8.87. The highest BCUT2D eigenvalue weighted by atomic mass is 19.4. The fraction of sp³-hybridized carbons (Fsp3) is 0.526. The third kappa shape index (κ3) is 6.03. The molecule has 2 unspecified atom stereocenters. The summed E-state index contributed by atoms with van der Waals surface area (Å²) in [4.78, 5) is 3.21. The predicted molar refractivity (Wildman–Crippen MR) is 97.1 cm³/mol. The quantitative estimate of drug-likeness (QED) is 0.485. The molecule has 0 bridgehead atoms. The van der Waals surface area contributed by atoms with Crippen molar-refractivity contribution in [3.05, 3.63) is 41.1 Å². The first-order valence-electron chi connectivity index (χ1n) is 8.87. The molecule has 2 aromatic rings. The van der Waals surface area contributed by atoms with Crippen LogP contribution in [0, 0.1) is 0 Å². The number of nitrogens with one attached hydrogen (secondary N) is 2. The van der Waals surface area contributed by atoms with Crippen molar-refractivity contribution in [2.75, 3.05) is 6.54 Å². The van der Waals surface area contributed by atoms with Gasteiger partial charge in [-0.05, 0) is 39.8 Å². The van der Waals surface area contributed by atoms with E-state index in [0.29, 0.717) is 18.7 Å². The van der Waals surface area contributed by atoms with Crippen molar-refractivity contribution >= 4 is 10.9 Å². The summed E-state index contributed by atoms with van der Waals surface area (Å²) >= 11 is 0. The van der Waals surface area contributed by atoms with Gasteiger partial charge in [0.15, 0.2) is 0 Å². The van der Waals surface area contributed by atoms with Crippen LogP contribution in [0.2, 0.25) is 0 Å². The third-order valence-electron chi connectivity index (χ3n) is 4.14. The summed E-state index contributed by atoms with van der Waals surface area (Å²) < 4.78 is 79.6. The standard InChI is InChI=1S/C19H23F6N3O/c1-10(9-26-17(2,3)4)27-16(29)12-8-14(19(23,24)25)28-15-11(12)6-5-7-13(15)18(20,21)22/h5-8,10,16,26-27,29H,9H2,1-4H3. The van der Waals surface area contributed by atoms with Gasteiger partial charge in [0, 0.05) is 29.1 Å². The molecule has 10 heteroatoms. The van der Waals surface area contributed by atoms with E-state index in [1.807, 2.05) is 20.8 Å². The van der Waals surface area contributed by atoms with Crippen LogP contribution in [0.4, 0.5) is 26.3 Å². The number of aliphatic hydroxyl groups is 1. The van der Waals surface area contributed by atoms with Crippen molar-refractivity contribution in [1.29, 1.82) is 0 Å². The minimum Gasteiger partial charge on any atom is -0.374 e. The van der Waals surface area contributed by atoms with Crippen molar-refractivity contribution in [2.45, 2.75) is 57.9 Å². The highest BCUT2D eigenvalue weighted by molar-refractivity contribution is 5.86. The molecular weight excluding hydrogens is 400 g/mol. The number of rotatable bonds is 5. The number of para-hydroxylation sites is 1. The van der Waals surface area contributed by atoms with Gasteiger partial charge in [-0.15, -0.1) is 0 Å². The molecule has 2 rings (SSSR count). The zero-order valence-electron chi connectivity index (χ0n) is 16.3. The van der Waals surface area contributed by atoms with Crippen LogP contribution in [0.3, 0.4) is 0 Å². The lowest BCUT2D eigenvalue weighted by Crippen LogP contribution is -2.45. The van der Waals surface area contributed by atoms with Gasteiger partial charge in [0.1, 0.15) is 11.9 Å². The van der Waals surface area contributed by atoms with E-state index < -0.39 is 35.4 Å². The van der Waals surface area contributed by atoms with Gasteiger partial charge in [-0.25, -0.2) is 4.98 Å². The fourth-order valence-corrected chi connectivity index (χ4v) is 2.75. The maximum absolute atomic E-state index is 13.3. The summed E-state index contributed by atoms with van der Waals surface area (Å²) in [5.74, 6) is 0. The average Bonchev–Trinajstić information content (AvgIpc) is 2.56.